The highest BCUT2D eigenvalue weighted by molar-refractivity contribution is 9.10. The molecule has 0 aromatic heterocycles. The van der Waals surface area contributed by atoms with Crippen LogP contribution in [-0.2, 0) is 0 Å². The molecule has 1 aliphatic heterocycles. The summed E-state index contributed by atoms with van der Waals surface area (Å²) < 4.78 is 7.12. The zero-order chi connectivity index (χ0) is 15.1. The van der Waals surface area contributed by atoms with Crippen LogP contribution >= 0.6 is 15.9 Å². The van der Waals surface area contributed by atoms with Crippen molar-refractivity contribution < 1.29 is 9.84 Å². The summed E-state index contributed by atoms with van der Waals surface area (Å²) in [7, 11) is 0. The summed E-state index contributed by atoms with van der Waals surface area (Å²) in [5.41, 5.74) is 5.80. The summed E-state index contributed by atoms with van der Waals surface area (Å²) >= 11 is 3.46. The van der Waals surface area contributed by atoms with Crippen LogP contribution in [0, 0.1) is 20.8 Å². The summed E-state index contributed by atoms with van der Waals surface area (Å²) in [5.74, 6) is 0.769. The molecule has 21 heavy (non-hydrogen) atoms. The molecule has 0 saturated heterocycles. The number of halogens is 1. The van der Waals surface area contributed by atoms with Crippen LogP contribution in [0.2, 0.25) is 0 Å². The van der Waals surface area contributed by atoms with E-state index in [-0.39, 0.29) is 6.10 Å². The largest absolute Gasteiger partial charge is 0.485 e. The second-order valence-electron chi connectivity index (χ2n) is 5.83. The fraction of sp³-hybridized carbons (Fsp3) is 0.333. The predicted octanol–water partition coefficient (Wildman–Crippen LogP) is 4.93. The monoisotopic (exact) mass is 346 g/mol. The lowest BCUT2D eigenvalue weighted by Gasteiger charge is -2.31. The fourth-order valence-corrected chi connectivity index (χ4v) is 3.28. The van der Waals surface area contributed by atoms with Gasteiger partial charge in [-0.25, -0.2) is 0 Å². The smallest absolute Gasteiger partial charge is 0.127 e. The summed E-state index contributed by atoms with van der Waals surface area (Å²) in [6, 6.07) is 10.2. The van der Waals surface area contributed by atoms with Gasteiger partial charge in [0.25, 0.3) is 0 Å². The third-order valence-electron chi connectivity index (χ3n) is 4.27. The SMILES string of the molecule is Cc1cc(C)c(C2C[C@H](O)c3ccc(Br)cc3O2)cc1C. The van der Waals surface area contributed by atoms with E-state index < -0.39 is 6.10 Å². The first-order chi connectivity index (χ1) is 9.95. The van der Waals surface area contributed by atoms with Gasteiger partial charge < -0.3 is 9.84 Å². The Hall–Kier alpha value is -1.32. The number of ether oxygens (including phenoxy) is 1. The molecule has 1 unspecified atom stereocenters. The first kappa shape index (κ1) is 14.6. The number of fused-ring (bicyclic) bond motifs is 1. The molecule has 2 aromatic rings. The molecule has 0 spiro atoms. The Morgan fingerprint density at radius 2 is 1.71 bits per heavy atom. The maximum atomic E-state index is 10.4. The lowest BCUT2D eigenvalue weighted by Crippen LogP contribution is -2.20. The molecule has 1 N–H and O–H groups in total. The van der Waals surface area contributed by atoms with Gasteiger partial charge in [0.15, 0.2) is 0 Å². The number of hydrogen-bond donors (Lipinski definition) is 1. The van der Waals surface area contributed by atoms with Crippen molar-refractivity contribution in [1.29, 1.82) is 0 Å². The number of rotatable bonds is 1. The van der Waals surface area contributed by atoms with E-state index in [0.29, 0.717) is 6.42 Å². The number of aliphatic hydroxyl groups excluding tert-OH is 1. The molecule has 0 aliphatic carbocycles. The maximum absolute atomic E-state index is 10.4. The zero-order valence-corrected chi connectivity index (χ0v) is 14.1. The lowest BCUT2D eigenvalue weighted by atomic mass is 9.91. The Bertz CT molecular complexity index is 694. The Kier molecular flexibility index (Phi) is 3.80. The van der Waals surface area contributed by atoms with Crippen molar-refractivity contribution in [2.45, 2.75) is 39.4 Å². The van der Waals surface area contributed by atoms with Gasteiger partial charge in [-0.2, -0.15) is 0 Å². The van der Waals surface area contributed by atoms with Crippen molar-refractivity contribution in [1.82, 2.24) is 0 Å². The quantitative estimate of drug-likeness (QED) is 0.792. The molecule has 2 atom stereocenters. The standard InChI is InChI=1S/C18H19BrO2/c1-10-6-12(3)15(7-11(10)2)18-9-16(20)14-5-4-13(19)8-17(14)21-18/h4-8,16,18,20H,9H2,1-3H3/t16-,18?/m0/s1. The number of hydrogen-bond acceptors (Lipinski definition) is 2. The van der Waals surface area contributed by atoms with Crippen LogP contribution in [0.3, 0.4) is 0 Å². The Balaban J connectivity index is 2.01. The molecule has 0 bridgehead atoms. The van der Waals surface area contributed by atoms with Crippen molar-refractivity contribution in [3.63, 3.8) is 0 Å². The molecule has 2 aromatic carbocycles. The molecule has 1 aliphatic rings. The van der Waals surface area contributed by atoms with Crippen LogP contribution in [0.4, 0.5) is 0 Å². The van der Waals surface area contributed by atoms with E-state index >= 15 is 0 Å². The molecule has 3 heteroatoms. The summed E-state index contributed by atoms with van der Waals surface area (Å²) in [5, 5.41) is 10.4. The number of benzene rings is 2. The van der Waals surface area contributed by atoms with Crippen LogP contribution in [0.15, 0.2) is 34.8 Å². The van der Waals surface area contributed by atoms with Crippen molar-refractivity contribution in [3.05, 3.63) is 62.6 Å². The van der Waals surface area contributed by atoms with E-state index in [1.54, 1.807) is 0 Å². The topological polar surface area (TPSA) is 29.5 Å². The fourth-order valence-electron chi connectivity index (χ4n) is 2.94. The molecule has 3 rings (SSSR count). The second kappa shape index (κ2) is 5.47. The minimum Gasteiger partial charge on any atom is -0.485 e. The first-order valence-corrected chi connectivity index (χ1v) is 7.97. The summed E-state index contributed by atoms with van der Waals surface area (Å²) in [6.07, 6.45) is 0.0202. The molecule has 110 valence electrons. The van der Waals surface area contributed by atoms with Crippen LogP contribution in [0.1, 0.15) is 46.4 Å². The molecule has 0 fully saturated rings. The van der Waals surface area contributed by atoms with Crippen LogP contribution in [-0.4, -0.2) is 5.11 Å². The van der Waals surface area contributed by atoms with Gasteiger partial charge in [-0.05, 0) is 55.2 Å². The summed E-state index contributed by atoms with van der Waals surface area (Å²) in [4.78, 5) is 0. The van der Waals surface area contributed by atoms with Crippen LogP contribution < -0.4 is 4.74 Å². The first-order valence-electron chi connectivity index (χ1n) is 7.17. The lowest BCUT2D eigenvalue weighted by molar-refractivity contribution is 0.0653. The molecule has 0 amide bonds. The van der Waals surface area contributed by atoms with E-state index in [4.69, 9.17) is 4.74 Å². The van der Waals surface area contributed by atoms with Gasteiger partial charge in [-0.15, -0.1) is 0 Å². The number of aryl methyl sites for hydroxylation is 3. The van der Waals surface area contributed by atoms with Crippen LogP contribution in [0.25, 0.3) is 0 Å². The minimum atomic E-state index is -0.479. The van der Waals surface area contributed by atoms with Crippen molar-refractivity contribution in [2.24, 2.45) is 0 Å². The molecule has 0 saturated carbocycles. The number of aliphatic hydroxyl groups is 1. The van der Waals surface area contributed by atoms with Gasteiger partial charge in [-0.3, -0.25) is 0 Å². The molecular formula is C18H19BrO2. The van der Waals surface area contributed by atoms with Gasteiger partial charge in [0.05, 0.1) is 6.10 Å². The molecular weight excluding hydrogens is 328 g/mol. The van der Waals surface area contributed by atoms with Gasteiger partial charge in [0, 0.05) is 16.5 Å². The third kappa shape index (κ3) is 2.72. The van der Waals surface area contributed by atoms with Gasteiger partial charge >= 0.3 is 0 Å². The Morgan fingerprint density at radius 3 is 2.48 bits per heavy atom. The van der Waals surface area contributed by atoms with E-state index in [0.717, 1.165) is 15.8 Å². The van der Waals surface area contributed by atoms with E-state index in [9.17, 15) is 5.11 Å². The zero-order valence-electron chi connectivity index (χ0n) is 12.5. The highest BCUT2D eigenvalue weighted by Gasteiger charge is 2.29. The van der Waals surface area contributed by atoms with E-state index in [1.165, 1.54) is 22.3 Å². The normalized spacial score (nSPS) is 20.8. The van der Waals surface area contributed by atoms with Crippen molar-refractivity contribution in [3.8, 4) is 5.75 Å². The Morgan fingerprint density at radius 1 is 1.00 bits per heavy atom. The summed E-state index contributed by atoms with van der Waals surface area (Å²) in [6.45, 7) is 6.34. The average Bonchev–Trinajstić information content (AvgIpc) is 2.42. The Labute approximate surface area is 133 Å². The maximum Gasteiger partial charge on any atom is 0.127 e. The second-order valence-corrected chi connectivity index (χ2v) is 6.75. The molecule has 0 radical (unpaired) electrons. The molecule has 1 heterocycles. The minimum absolute atomic E-state index is 0.0962. The van der Waals surface area contributed by atoms with Gasteiger partial charge in [-0.1, -0.05) is 34.1 Å². The predicted molar refractivity (Wildman–Crippen MR) is 87.7 cm³/mol. The van der Waals surface area contributed by atoms with Crippen LogP contribution in [0.5, 0.6) is 5.75 Å². The highest BCUT2D eigenvalue weighted by Crippen LogP contribution is 2.42. The van der Waals surface area contributed by atoms with Gasteiger partial charge in [0.1, 0.15) is 11.9 Å². The van der Waals surface area contributed by atoms with Crippen molar-refractivity contribution in [2.75, 3.05) is 0 Å². The molecule has 2 nitrogen and oxygen atoms in total. The van der Waals surface area contributed by atoms with E-state index in [1.807, 2.05) is 18.2 Å². The highest BCUT2D eigenvalue weighted by atomic mass is 79.9. The van der Waals surface area contributed by atoms with Crippen molar-refractivity contribution >= 4 is 15.9 Å². The third-order valence-corrected chi connectivity index (χ3v) is 4.76. The van der Waals surface area contributed by atoms with Gasteiger partial charge in [0.2, 0.25) is 0 Å². The average molecular weight is 347 g/mol. The van der Waals surface area contributed by atoms with E-state index in [2.05, 4.69) is 48.8 Å².